The molecule has 0 aromatic heterocycles. The predicted molar refractivity (Wildman–Crippen MR) is 136 cm³/mol. The molecule has 2 atom stereocenters. The van der Waals surface area contributed by atoms with Gasteiger partial charge in [-0.3, -0.25) is 4.90 Å². The van der Waals surface area contributed by atoms with Crippen molar-refractivity contribution in [1.82, 2.24) is 9.80 Å². The van der Waals surface area contributed by atoms with E-state index in [0.717, 1.165) is 44.5 Å². The van der Waals surface area contributed by atoms with Crippen molar-refractivity contribution in [2.24, 2.45) is 0 Å². The highest BCUT2D eigenvalue weighted by atomic mass is 19.1. The molecule has 2 unspecified atom stereocenters. The maximum absolute atomic E-state index is 15.1. The molecular weight excluding hydrogens is 427 g/mol. The zero-order valence-electron chi connectivity index (χ0n) is 20.6. The topological polar surface area (TPSA) is 38.8 Å². The third-order valence-electron chi connectivity index (χ3n) is 8.07. The molecule has 2 aromatic rings. The number of hydrogen-bond donors (Lipinski definition) is 1. The number of piperidine rings is 1. The summed E-state index contributed by atoms with van der Waals surface area (Å²) in [5.41, 5.74) is 3.78. The molecule has 3 heterocycles. The van der Waals surface area contributed by atoms with Crippen LogP contribution in [-0.4, -0.2) is 60.1 Å². The third-order valence-corrected chi connectivity index (χ3v) is 8.07. The number of para-hydroxylation sites is 1. The molecule has 2 aromatic carbocycles. The molecule has 0 spiro atoms. The lowest BCUT2D eigenvalue weighted by Crippen LogP contribution is -2.55. The number of benzene rings is 2. The Bertz CT molecular complexity index is 1000. The van der Waals surface area contributed by atoms with Gasteiger partial charge in [0.1, 0.15) is 11.5 Å². The maximum Gasteiger partial charge on any atom is 0.321 e. The van der Waals surface area contributed by atoms with E-state index in [-0.39, 0.29) is 11.8 Å². The SMILES string of the molecule is Cc1ccc(C2CCN(C(=O)Nc3c(F)cccc3N3C4CCC3CN(C(C)C)C4)CC2)cc1. The van der Waals surface area contributed by atoms with Crippen molar-refractivity contribution in [3.63, 3.8) is 0 Å². The smallest absolute Gasteiger partial charge is 0.321 e. The summed E-state index contributed by atoms with van der Waals surface area (Å²) in [7, 11) is 0. The molecule has 3 aliphatic rings. The molecule has 5 nitrogen and oxygen atoms in total. The van der Waals surface area contributed by atoms with E-state index in [1.54, 1.807) is 6.07 Å². The van der Waals surface area contributed by atoms with Crippen LogP contribution >= 0.6 is 0 Å². The van der Waals surface area contributed by atoms with Crippen molar-refractivity contribution in [1.29, 1.82) is 0 Å². The number of rotatable bonds is 4. The predicted octanol–water partition coefficient (Wildman–Crippen LogP) is 5.61. The van der Waals surface area contributed by atoms with Crippen LogP contribution in [0.25, 0.3) is 0 Å². The van der Waals surface area contributed by atoms with Crippen molar-refractivity contribution in [3.05, 3.63) is 59.4 Å². The monoisotopic (exact) mass is 464 g/mol. The van der Waals surface area contributed by atoms with Gasteiger partial charge in [0.2, 0.25) is 0 Å². The van der Waals surface area contributed by atoms with Crippen molar-refractivity contribution >= 4 is 17.4 Å². The van der Waals surface area contributed by atoms with E-state index < -0.39 is 0 Å². The van der Waals surface area contributed by atoms with Gasteiger partial charge in [0.25, 0.3) is 0 Å². The molecule has 2 amide bonds. The first kappa shape index (κ1) is 23.2. The van der Waals surface area contributed by atoms with Crippen molar-refractivity contribution in [2.75, 3.05) is 36.4 Å². The molecule has 1 N–H and O–H groups in total. The third kappa shape index (κ3) is 4.52. The number of anilines is 2. The number of fused-ring (bicyclic) bond motifs is 2. The fourth-order valence-corrected chi connectivity index (χ4v) is 6.04. The Morgan fingerprint density at radius 2 is 1.62 bits per heavy atom. The van der Waals surface area contributed by atoms with Crippen molar-refractivity contribution in [2.45, 2.75) is 70.5 Å². The quantitative estimate of drug-likeness (QED) is 0.640. The molecule has 34 heavy (non-hydrogen) atoms. The number of urea groups is 1. The molecule has 0 saturated carbocycles. The van der Waals surface area contributed by atoms with Gasteiger partial charge in [0.05, 0.1) is 5.69 Å². The van der Waals surface area contributed by atoms with E-state index in [1.807, 2.05) is 11.0 Å². The minimum Gasteiger partial charge on any atom is -0.361 e. The number of aryl methyl sites for hydroxylation is 1. The summed E-state index contributed by atoms with van der Waals surface area (Å²) in [6.45, 7) is 9.94. The maximum atomic E-state index is 15.1. The van der Waals surface area contributed by atoms with Crippen LogP contribution in [0, 0.1) is 12.7 Å². The van der Waals surface area contributed by atoms with Crippen LogP contribution in [0.4, 0.5) is 20.6 Å². The summed E-state index contributed by atoms with van der Waals surface area (Å²) in [5.74, 6) is 0.118. The van der Waals surface area contributed by atoms with E-state index in [1.165, 1.54) is 17.2 Å². The highest BCUT2D eigenvalue weighted by molar-refractivity contribution is 5.93. The van der Waals surface area contributed by atoms with Crippen molar-refractivity contribution < 1.29 is 9.18 Å². The molecule has 5 rings (SSSR count). The van der Waals surface area contributed by atoms with E-state index in [2.05, 4.69) is 60.2 Å². The Hall–Kier alpha value is -2.60. The summed E-state index contributed by atoms with van der Waals surface area (Å²) >= 11 is 0. The second kappa shape index (κ2) is 9.57. The Labute approximate surface area is 202 Å². The van der Waals surface area contributed by atoms with Gasteiger partial charge < -0.3 is 15.1 Å². The second-order valence-electron chi connectivity index (χ2n) is 10.6. The minimum absolute atomic E-state index is 0.193. The molecule has 3 fully saturated rings. The summed E-state index contributed by atoms with van der Waals surface area (Å²) in [6, 6.07) is 15.0. The lowest BCUT2D eigenvalue weighted by atomic mass is 9.89. The number of hydrogen-bond acceptors (Lipinski definition) is 3. The van der Waals surface area contributed by atoms with E-state index >= 15 is 4.39 Å². The van der Waals surface area contributed by atoms with Crippen LogP contribution < -0.4 is 10.2 Å². The Kier molecular flexibility index (Phi) is 6.52. The average molecular weight is 465 g/mol. The number of piperazine rings is 1. The van der Waals surface area contributed by atoms with Gasteiger partial charge in [-0.25, -0.2) is 9.18 Å². The summed E-state index contributed by atoms with van der Waals surface area (Å²) in [5, 5.41) is 2.97. The van der Waals surface area contributed by atoms with Gasteiger partial charge in [0, 0.05) is 44.3 Å². The van der Waals surface area contributed by atoms with Crippen LogP contribution in [0.1, 0.15) is 56.6 Å². The van der Waals surface area contributed by atoms with Crippen LogP contribution in [-0.2, 0) is 0 Å². The van der Waals surface area contributed by atoms with Gasteiger partial charge in [-0.05, 0) is 70.1 Å². The molecule has 6 heteroatoms. The summed E-state index contributed by atoms with van der Waals surface area (Å²) in [4.78, 5) is 19.9. The first-order valence-electron chi connectivity index (χ1n) is 12.8. The first-order chi connectivity index (χ1) is 16.4. The largest absolute Gasteiger partial charge is 0.361 e. The number of carbonyl (C=O) groups is 1. The van der Waals surface area contributed by atoms with E-state index in [4.69, 9.17) is 0 Å². The second-order valence-corrected chi connectivity index (χ2v) is 10.6. The summed E-state index contributed by atoms with van der Waals surface area (Å²) < 4.78 is 15.1. The molecule has 0 aliphatic carbocycles. The zero-order valence-corrected chi connectivity index (χ0v) is 20.6. The molecule has 2 bridgehead atoms. The van der Waals surface area contributed by atoms with Gasteiger partial charge in [-0.1, -0.05) is 35.9 Å². The number of likely N-dealkylation sites (tertiary alicyclic amines) is 2. The number of nitrogens with zero attached hydrogens (tertiary/aromatic N) is 3. The fourth-order valence-electron chi connectivity index (χ4n) is 6.04. The highest BCUT2D eigenvalue weighted by Gasteiger charge is 2.41. The number of amides is 2. The molecular formula is C28H37FN4O. The Balaban J connectivity index is 1.27. The van der Waals surface area contributed by atoms with Gasteiger partial charge >= 0.3 is 6.03 Å². The number of carbonyl (C=O) groups excluding carboxylic acids is 1. The van der Waals surface area contributed by atoms with Crippen LogP contribution in [0.5, 0.6) is 0 Å². The molecule has 182 valence electrons. The minimum atomic E-state index is -0.355. The van der Waals surface area contributed by atoms with E-state index in [0.29, 0.717) is 42.8 Å². The molecule has 3 aliphatic heterocycles. The Morgan fingerprint density at radius 1 is 0.971 bits per heavy atom. The Morgan fingerprint density at radius 3 is 2.24 bits per heavy atom. The van der Waals surface area contributed by atoms with Crippen molar-refractivity contribution in [3.8, 4) is 0 Å². The standard InChI is InChI=1S/C28H37FN4O/c1-19(2)32-17-23-11-12-24(18-32)33(23)26-6-4-5-25(29)27(26)30-28(34)31-15-13-22(14-16-31)21-9-7-20(3)8-10-21/h4-10,19,22-24H,11-18H2,1-3H3,(H,30,34). The highest BCUT2D eigenvalue weighted by Crippen LogP contribution is 2.40. The van der Waals surface area contributed by atoms with Crippen LogP contribution in [0.3, 0.4) is 0 Å². The van der Waals surface area contributed by atoms with Crippen LogP contribution in [0.2, 0.25) is 0 Å². The van der Waals surface area contributed by atoms with Gasteiger partial charge in [0.15, 0.2) is 0 Å². The lowest BCUT2D eigenvalue weighted by Gasteiger charge is -2.44. The van der Waals surface area contributed by atoms with Crippen LogP contribution in [0.15, 0.2) is 42.5 Å². The number of nitrogens with one attached hydrogen (secondary N) is 1. The first-order valence-corrected chi connectivity index (χ1v) is 12.8. The normalized spacial score (nSPS) is 23.6. The lowest BCUT2D eigenvalue weighted by molar-refractivity contribution is 0.177. The van der Waals surface area contributed by atoms with Gasteiger partial charge in [-0.15, -0.1) is 0 Å². The molecule has 3 saturated heterocycles. The van der Waals surface area contributed by atoms with Gasteiger partial charge in [-0.2, -0.15) is 0 Å². The van der Waals surface area contributed by atoms with E-state index in [9.17, 15) is 4.79 Å². The summed E-state index contributed by atoms with van der Waals surface area (Å²) in [6.07, 6.45) is 4.10. The fraction of sp³-hybridized carbons (Fsp3) is 0.536. The molecule has 0 radical (unpaired) electrons. The number of halogens is 1. The average Bonchev–Trinajstić information content (AvgIpc) is 3.09. The zero-order chi connectivity index (χ0) is 23.8.